The van der Waals surface area contributed by atoms with Crippen LogP contribution < -0.4 is 5.73 Å². The minimum atomic E-state index is -0.551. The molecule has 102 valence electrons. The Hall–Kier alpha value is -2.76. The molecular weight excluding hydrogens is 263 g/mol. The summed E-state index contributed by atoms with van der Waals surface area (Å²) < 4.78 is 13.3. The number of benzene rings is 2. The zero-order valence-electron chi connectivity index (χ0n) is 10.6. The highest BCUT2D eigenvalue weighted by Gasteiger charge is 2.15. The number of nitro groups is 1. The van der Waals surface area contributed by atoms with Crippen LogP contribution in [0.3, 0.4) is 0 Å². The number of nitrogens with zero attached hydrogens (tertiary/aromatic N) is 1. The number of hydrogen-bond donors (Lipinski definition) is 1. The molecule has 5 nitrogen and oxygen atoms in total. The lowest BCUT2D eigenvalue weighted by molar-refractivity contribution is -0.384. The number of carbonyl (C=O) groups excluding carboxylic acids is 1. The third-order valence-corrected chi connectivity index (χ3v) is 2.92. The van der Waals surface area contributed by atoms with Crippen LogP contribution >= 0.6 is 0 Å². The first kappa shape index (κ1) is 13.7. The molecule has 0 aromatic heterocycles. The highest BCUT2D eigenvalue weighted by molar-refractivity contribution is 6.12. The molecule has 0 aliphatic heterocycles. The summed E-state index contributed by atoms with van der Waals surface area (Å²) in [6.07, 6.45) is 0. The minimum absolute atomic E-state index is 0.0384. The summed E-state index contributed by atoms with van der Waals surface area (Å²) in [5, 5.41) is 10.5. The predicted octanol–water partition coefficient (Wildman–Crippen LogP) is 2.86. The Bertz CT molecular complexity index is 696. The molecule has 6 heteroatoms. The fourth-order valence-corrected chi connectivity index (χ4v) is 1.78. The van der Waals surface area contributed by atoms with Gasteiger partial charge in [0.2, 0.25) is 0 Å². The number of ketones is 1. The number of rotatable bonds is 3. The number of nitrogen functional groups attached to an aromatic ring is 1. The van der Waals surface area contributed by atoms with Crippen LogP contribution in [0.5, 0.6) is 0 Å². The number of nitrogens with two attached hydrogens (primary N) is 1. The van der Waals surface area contributed by atoms with E-state index in [9.17, 15) is 19.3 Å². The van der Waals surface area contributed by atoms with Crippen LogP contribution in [0.2, 0.25) is 0 Å². The van der Waals surface area contributed by atoms with Crippen LogP contribution in [-0.2, 0) is 0 Å². The maximum Gasteiger partial charge on any atom is 0.269 e. The second-order valence-corrected chi connectivity index (χ2v) is 4.32. The topological polar surface area (TPSA) is 86.2 Å². The SMILES string of the molecule is Cc1cc(C(=O)c2ccc([N+](=O)[O-])cc2)c(N)cc1F. The van der Waals surface area contributed by atoms with Gasteiger partial charge in [-0.05, 0) is 36.8 Å². The first-order valence-corrected chi connectivity index (χ1v) is 5.75. The standard InChI is InChI=1S/C14H11FN2O3/c1-8-6-11(13(16)7-12(8)15)14(18)9-2-4-10(5-3-9)17(19)20/h2-7H,16H2,1H3. The van der Waals surface area contributed by atoms with Crippen molar-refractivity contribution >= 4 is 17.2 Å². The number of carbonyl (C=O) groups is 1. The molecule has 0 saturated heterocycles. The van der Waals surface area contributed by atoms with E-state index in [1.807, 2.05) is 0 Å². The Balaban J connectivity index is 2.41. The molecule has 2 N–H and O–H groups in total. The predicted molar refractivity (Wildman–Crippen MR) is 72.1 cm³/mol. The molecule has 0 heterocycles. The van der Waals surface area contributed by atoms with Crippen molar-refractivity contribution in [1.82, 2.24) is 0 Å². The zero-order chi connectivity index (χ0) is 14.9. The number of hydrogen-bond acceptors (Lipinski definition) is 4. The number of aryl methyl sites for hydroxylation is 1. The van der Waals surface area contributed by atoms with Gasteiger partial charge >= 0.3 is 0 Å². The van der Waals surface area contributed by atoms with Gasteiger partial charge in [0.05, 0.1) is 4.92 Å². The zero-order valence-corrected chi connectivity index (χ0v) is 10.6. The van der Waals surface area contributed by atoms with Crippen molar-refractivity contribution in [2.75, 3.05) is 5.73 Å². The van der Waals surface area contributed by atoms with Gasteiger partial charge < -0.3 is 5.73 Å². The summed E-state index contributed by atoms with van der Waals surface area (Å²) in [6, 6.07) is 7.62. The Morgan fingerprint density at radius 2 is 1.85 bits per heavy atom. The van der Waals surface area contributed by atoms with Gasteiger partial charge in [-0.15, -0.1) is 0 Å². The van der Waals surface area contributed by atoms with Crippen molar-refractivity contribution in [1.29, 1.82) is 0 Å². The second kappa shape index (κ2) is 5.08. The second-order valence-electron chi connectivity index (χ2n) is 4.32. The largest absolute Gasteiger partial charge is 0.398 e. The third kappa shape index (κ3) is 2.49. The van der Waals surface area contributed by atoms with Crippen molar-refractivity contribution in [3.8, 4) is 0 Å². The van der Waals surface area contributed by atoms with Crippen molar-refractivity contribution in [2.24, 2.45) is 0 Å². The Kier molecular flexibility index (Phi) is 3.47. The van der Waals surface area contributed by atoms with Gasteiger partial charge in [-0.25, -0.2) is 4.39 Å². The maximum absolute atomic E-state index is 13.3. The molecule has 0 bridgehead atoms. The van der Waals surface area contributed by atoms with Gasteiger partial charge in [0.15, 0.2) is 5.78 Å². The van der Waals surface area contributed by atoms with E-state index < -0.39 is 16.5 Å². The minimum Gasteiger partial charge on any atom is -0.398 e. The fraction of sp³-hybridized carbons (Fsp3) is 0.0714. The van der Waals surface area contributed by atoms with Gasteiger partial charge in [-0.1, -0.05) is 0 Å². The van der Waals surface area contributed by atoms with Gasteiger partial charge in [-0.3, -0.25) is 14.9 Å². The molecule has 0 aliphatic rings. The van der Waals surface area contributed by atoms with E-state index in [-0.39, 0.29) is 22.5 Å². The van der Waals surface area contributed by atoms with Crippen molar-refractivity contribution in [3.63, 3.8) is 0 Å². The average Bonchev–Trinajstić information content (AvgIpc) is 2.42. The Morgan fingerprint density at radius 1 is 1.25 bits per heavy atom. The number of halogens is 1. The van der Waals surface area contributed by atoms with Crippen molar-refractivity contribution in [3.05, 3.63) is 69.0 Å². The molecule has 0 unspecified atom stereocenters. The van der Waals surface area contributed by atoms with Crippen molar-refractivity contribution < 1.29 is 14.1 Å². The van der Waals surface area contributed by atoms with Gasteiger partial charge in [0, 0.05) is 28.9 Å². The lowest BCUT2D eigenvalue weighted by Gasteiger charge is -2.07. The molecule has 0 aliphatic carbocycles. The van der Waals surface area contributed by atoms with Crippen molar-refractivity contribution in [2.45, 2.75) is 6.92 Å². The number of non-ortho nitro benzene ring substituents is 1. The van der Waals surface area contributed by atoms with E-state index in [1.54, 1.807) is 0 Å². The molecule has 2 rings (SSSR count). The van der Waals surface area contributed by atoms with Crippen LogP contribution in [0.4, 0.5) is 15.8 Å². The van der Waals surface area contributed by atoms with Crippen LogP contribution in [0.15, 0.2) is 36.4 Å². The Labute approximate surface area is 114 Å². The summed E-state index contributed by atoms with van der Waals surface area (Å²) in [6.45, 7) is 1.53. The first-order chi connectivity index (χ1) is 9.40. The van der Waals surface area contributed by atoms with E-state index in [4.69, 9.17) is 5.73 Å². The summed E-state index contributed by atoms with van der Waals surface area (Å²) in [5.41, 5.74) is 6.32. The normalized spacial score (nSPS) is 10.3. The molecule has 0 saturated carbocycles. The first-order valence-electron chi connectivity index (χ1n) is 5.75. The molecular formula is C14H11FN2O3. The number of anilines is 1. The molecule has 2 aromatic rings. The van der Waals surface area contributed by atoms with Gasteiger partial charge in [0.25, 0.3) is 5.69 Å². The third-order valence-electron chi connectivity index (χ3n) is 2.92. The van der Waals surface area contributed by atoms with Gasteiger partial charge in [-0.2, -0.15) is 0 Å². The summed E-state index contributed by atoms with van der Waals surface area (Å²) >= 11 is 0. The van der Waals surface area contributed by atoms with E-state index >= 15 is 0 Å². The number of nitro benzene ring substituents is 1. The quantitative estimate of drug-likeness (QED) is 0.403. The van der Waals surface area contributed by atoms with E-state index in [1.165, 1.54) is 37.3 Å². The molecule has 0 fully saturated rings. The lowest BCUT2D eigenvalue weighted by atomic mass is 9.99. The molecule has 0 spiro atoms. The molecule has 0 atom stereocenters. The fourth-order valence-electron chi connectivity index (χ4n) is 1.78. The van der Waals surface area contributed by atoms with Crippen LogP contribution in [0.25, 0.3) is 0 Å². The molecule has 2 aromatic carbocycles. The smallest absolute Gasteiger partial charge is 0.269 e. The summed E-state index contributed by atoms with van der Waals surface area (Å²) in [5.74, 6) is -0.886. The summed E-state index contributed by atoms with van der Waals surface area (Å²) in [7, 11) is 0. The van der Waals surface area contributed by atoms with Crippen LogP contribution in [0.1, 0.15) is 21.5 Å². The van der Waals surface area contributed by atoms with Gasteiger partial charge in [0.1, 0.15) is 5.82 Å². The van der Waals surface area contributed by atoms with Crippen LogP contribution in [-0.4, -0.2) is 10.7 Å². The Morgan fingerprint density at radius 3 is 2.40 bits per heavy atom. The van der Waals surface area contributed by atoms with E-state index in [2.05, 4.69) is 0 Å². The van der Waals surface area contributed by atoms with Crippen LogP contribution in [0, 0.1) is 22.9 Å². The van der Waals surface area contributed by atoms with E-state index in [0.29, 0.717) is 5.56 Å². The molecule has 0 amide bonds. The van der Waals surface area contributed by atoms with E-state index in [0.717, 1.165) is 6.07 Å². The summed E-state index contributed by atoms with van der Waals surface area (Å²) in [4.78, 5) is 22.2. The monoisotopic (exact) mass is 274 g/mol. The lowest BCUT2D eigenvalue weighted by Crippen LogP contribution is -2.07. The highest BCUT2D eigenvalue weighted by Crippen LogP contribution is 2.22. The maximum atomic E-state index is 13.3. The average molecular weight is 274 g/mol. The highest BCUT2D eigenvalue weighted by atomic mass is 19.1. The molecule has 0 radical (unpaired) electrons. The molecule has 20 heavy (non-hydrogen) atoms.